The minimum absolute atomic E-state index is 0.0309. The summed E-state index contributed by atoms with van der Waals surface area (Å²) < 4.78 is 25.7. The molecule has 1 aliphatic heterocycles. The molecule has 4 amide bonds. The lowest BCUT2D eigenvalue weighted by atomic mass is 10.1. The van der Waals surface area contributed by atoms with E-state index in [0.717, 1.165) is 16.9 Å². The Labute approximate surface area is 215 Å². The van der Waals surface area contributed by atoms with Crippen LogP contribution < -0.4 is 19.7 Å². The number of benzene rings is 3. The van der Waals surface area contributed by atoms with Gasteiger partial charge in [-0.1, -0.05) is 37.3 Å². The first kappa shape index (κ1) is 25.1. The van der Waals surface area contributed by atoms with Crippen LogP contribution in [-0.4, -0.2) is 25.0 Å². The number of amides is 4. The number of aryl methyl sites for hydroxylation is 1. The molecule has 0 aromatic heterocycles. The van der Waals surface area contributed by atoms with Crippen molar-refractivity contribution in [1.29, 1.82) is 0 Å². The molecule has 36 heavy (non-hydrogen) atoms. The first-order chi connectivity index (χ1) is 17.3. The van der Waals surface area contributed by atoms with Gasteiger partial charge in [-0.05, 0) is 69.9 Å². The van der Waals surface area contributed by atoms with Crippen molar-refractivity contribution in [2.45, 2.75) is 20.0 Å². The maximum Gasteiger partial charge on any atom is 0.335 e. The first-order valence-electron chi connectivity index (χ1n) is 11.1. The van der Waals surface area contributed by atoms with E-state index in [2.05, 4.69) is 21.2 Å². The zero-order valence-electron chi connectivity index (χ0n) is 19.5. The number of methoxy groups -OCH3 is 1. The molecule has 1 saturated heterocycles. The summed E-state index contributed by atoms with van der Waals surface area (Å²) in [4.78, 5) is 39.1. The number of nitrogens with zero attached hydrogens (tertiary/aromatic N) is 1. The smallest absolute Gasteiger partial charge is 0.335 e. The Morgan fingerprint density at radius 2 is 1.78 bits per heavy atom. The summed E-state index contributed by atoms with van der Waals surface area (Å²) in [5.74, 6) is -1.31. The van der Waals surface area contributed by atoms with Gasteiger partial charge < -0.3 is 9.47 Å². The molecule has 1 heterocycles. The Hall–Kier alpha value is -3.98. The van der Waals surface area contributed by atoms with Crippen LogP contribution in [0.15, 0.2) is 70.7 Å². The fourth-order valence-corrected chi connectivity index (χ4v) is 4.24. The lowest BCUT2D eigenvalue weighted by Crippen LogP contribution is -2.54. The van der Waals surface area contributed by atoms with E-state index >= 15 is 0 Å². The van der Waals surface area contributed by atoms with Crippen molar-refractivity contribution in [3.63, 3.8) is 0 Å². The molecule has 3 aromatic rings. The molecule has 184 valence electrons. The molecule has 4 rings (SSSR count). The van der Waals surface area contributed by atoms with Crippen molar-refractivity contribution in [2.24, 2.45) is 0 Å². The second-order valence-corrected chi connectivity index (χ2v) is 8.75. The first-order valence-corrected chi connectivity index (χ1v) is 11.9. The molecule has 9 heteroatoms. The van der Waals surface area contributed by atoms with E-state index in [1.54, 1.807) is 42.5 Å². The van der Waals surface area contributed by atoms with Gasteiger partial charge in [0.15, 0.2) is 11.5 Å². The third kappa shape index (κ3) is 5.16. The molecule has 3 aromatic carbocycles. The number of anilines is 1. The van der Waals surface area contributed by atoms with E-state index in [0.29, 0.717) is 32.8 Å². The van der Waals surface area contributed by atoms with Gasteiger partial charge in [0.2, 0.25) is 0 Å². The van der Waals surface area contributed by atoms with Gasteiger partial charge in [-0.3, -0.25) is 14.9 Å². The van der Waals surface area contributed by atoms with Crippen LogP contribution in [0, 0.1) is 5.82 Å². The lowest BCUT2D eigenvalue weighted by Gasteiger charge is -2.26. The zero-order chi connectivity index (χ0) is 25.8. The van der Waals surface area contributed by atoms with Gasteiger partial charge in [0, 0.05) is 5.56 Å². The molecule has 1 N–H and O–H groups in total. The van der Waals surface area contributed by atoms with Gasteiger partial charge in [-0.15, -0.1) is 0 Å². The van der Waals surface area contributed by atoms with Crippen LogP contribution in [0.2, 0.25) is 0 Å². The number of carbonyl (C=O) groups is 3. The number of urea groups is 1. The molecule has 0 saturated carbocycles. The van der Waals surface area contributed by atoms with Gasteiger partial charge in [0.05, 0.1) is 17.3 Å². The van der Waals surface area contributed by atoms with Crippen LogP contribution >= 0.6 is 15.9 Å². The fourth-order valence-electron chi connectivity index (χ4n) is 3.67. The SMILES string of the molecule is CCc1ccc(N2C(=O)NC(=O)/C(=C/c3cc(Br)c(OCc4ccccc4F)c(OC)c3)C2=O)cc1. The van der Waals surface area contributed by atoms with Crippen molar-refractivity contribution in [3.05, 3.63) is 93.2 Å². The molecule has 0 atom stereocenters. The molecule has 1 fully saturated rings. The highest BCUT2D eigenvalue weighted by Crippen LogP contribution is 2.38. The second kappa shape index (κ2) is 10.7. The highest BCUT2D eigenvalue weighted by atomic mass is 79.9. The molecular weight excluding hydrogens is 531 g/mol. The number of nitrogens with one attached hydrogen (secondary N) is 1. The summed E-state index contributed by atoms with van der Waals surface area (Å²) in [6, 6.07) is 15.6. The Kier molecular flexibility index (Phi) is 7.49. The van der Waals surface area contributed by atoms with Crippen molar-refractivity contribution in [3.8, 4) is 11.5 Å². The van der Waals surface area contributed by atoms with E-state index in [9.17, 15) is 18.8 Å². The number of barbiturate groups is 1. The molecular formula is C27H22BrFN2O5. The van der Waals surface area contributed by atoms with Crippen LogP contribution in [0.1, 0.15) is 23.6 Å². The third-order valence-electron chi connectivity index (χ3n) is 5.60. The van der Waals surface area contributed by atoms with Crippen molar-refractivity contribution in [1.82, 2.24) is 5.32 Å². The Balaban J connectivity index is 1.64. The maximum absolute atomic E-state index is 14.0. The number of halogens is 2. The average molecular weight is 553 g/mol. The molecule has 0 unspecified atom stereocenters. The number of ether oxygens (including phenoxy) is 2. The van der Waals surface area contributed by atoms with E-state index < -0.39 is 17.8 Å². The number of rotatable bonds is 7. The van der Waals surface area contributed by atoms with Crippen LogP contribution in [0.3, 0.4) is 0 Å². The topological polar surface area (TPSA) is 84.9 Å². The van der Waals surface area contributed by atoms with E-state index in [1.807, 2.05) is 19.1 Å². The summed E-state index contributed by atoms with van der Waals surface area (Å²) in [6.45, 7) is 1.97. The van der Waals surface area contributed by atoms with Gasteiger partial charge in [0.1, 0.15) is 18.0 Å². The second-order valence-electron chi connectivity index (χ2n) is 7.89. The van der Waals surface area contributed by atoms with Crippen molar-refractivity contribution in [2.75, 3.05) is 12.0 Å². The standard InChI is InChI=1S/C27H22BrFN2O5/c1-3-16-8-10-19(11-9-16)31-26(33)20(25(32)30-27(31)34)12-17-13-21(28)24(23(14-17)35-2)36-15-18-6-4-5-7-22(18)29/h4-14H,3,15H2,1-2H3,(H,30,32,34)/b20-12-. The number of imide groups is 2. The summed E-state index contributed by atoms with van der Waals surface area (Å²) in [5.41, 5.74) is 2.00. The van der Waals surface area contributed by atoms with Crippen LogP contribution in [-0.2, 0) is 22.6 Å². The zero-order valence-corrected chi connectivity index (χ0v) is 21.1. The van der Waals surface area contributed by atoms with Gasteiger partial charge in [0.25, 0.3) is 11.8 Å². The summed E-state index contributed by atoms with van der Waals surface area (Å²) in [6.07, 6.45) is 2.17. The quantitative estimate of drug-likeness (QED) is 0.313. The Morgan fingerprint density at radius 3 is 2.44 bits per heavy atom. The molecule has 0 radical (unpaired) electrons. The normalized spacial score (nSPS) is 14.7. The molecule has 7 nitrogen and oxygen atoms in total. The summed E-state index contributed by atoms with van der Waals surface area (Å²) >= 11 is 3.42. The molecule has 0 bridgehead atoms. The van der Waals surface area contributed by atoms with Gasteiger partial charge in [-0.25, -0.2) is 14.1 Å². The summed E-state index contributed by atoms with van der Waals surface area (Å²) in [7, 11) is 1.44. The predicted octanol–water partition coefficient (Wildman–Crippen LogP) is 5.40. The monoisotopic (exact) mass is 552 g/mol. The number of hydrogen-bond donors (Lipinski definition) is 1. The lowest BCUT2D eigenvalue weighted by molar-refractivity contribution is -0.122. The maximum atomic E-state index is 14.0. The summed E-state index contributed by atoms with van der Waals surface area (Å²) in [5, 5.41) is 2.21. The number of hydrogen-bond acceptors (Lipinski definition) is 5. The minimum atomic E-state index is -0.818. The Bertz CT molecular complexity index is 1370. The van der Waals surface area contributed by atoms with Crippen LogP contribution in [0.4, 0.5) is 14.9 Å². The Morgan fingerprint density at radius 1 is 1.06 bits per heavy atom. The average Bonchev–Trinajstić information content (AvgIpc) is 2.86. The molecule has 0 aliphatic carbocycles. The third-order valence-corrected chi connectivity index (χ3v) is 6.19. The minimum Gasteiger partial charge on any atom is -0.493 e. The predicted molar refractivity (Wildman–Crippen MR) is 136 cm³/mol. The molecule has 0 spiro atoms. The van der Waals surface area contributed by atoms with Crippen molar-refractivity contribution < 1.29 is 28.2 Å². The van der Waals surface area contributed by atoms with E-state index in [1.165, 1.54) is 19.3 Å². The highest BCUT2D eigenvalue weighted by Gasteiger charge is 2.36. The largest absolute Gasteiger partial charge is 0.493 e. The van der Waals surface area contributed by atoms with Crippen LogP contribution in [0.5, 0.6) is 11.5 Å². The molecule has 1 aliphatic rings. The fraction of sp³-hybridized carbons (Fsp3) is 0.148. The highest BCUT2D eigenvalue weighted by molar-refractivity contribution is 9.10. The van der Waals surface area contributed by atoms with Crippen LogP contribution in [0.25, 0.3) is 6.08 Å². The number of carbonyl (C=O) groups excluding carboxylic acids is 3. The van der Waals surface area contributed by atoms with Gasteiger partial charge in [-0.2, -0.15) is 0 Å². The van der Waals surface area contributed by atoms with E-state index in [-0.39, 0.29) is 18.0 Å². The van der Waals surface area contributed by atoms with Gasteiger partial charge >= 0.3 is 6.03 Å². The van der Waals surface area contributed by atoms with E-state index in [4.69, 9.17) is 9.47 Å². The van der Waals surface area contributed by atoms with Crippen molar-refractivity contribution >= 4 is 45.5 Å².